The van der Waals surface area contributed by atoms with E-state index in [4.69, 9.17) is 0 Å². The SMILES string of the molecule is Cc1ccc(NC(=O)Cc2csc(=Nc3ccc(C(C)C)cc3)n2C)c(F)c1. The topological polar surface area (TPSA) is 46.4 Å². The van der Waals surface area contributed by atoms with Gasteiger partial charge in [0.2, 0.25) is 5.91 Å². The van der Waals surface area contributed by atoms with Gasteiger partial charge in [-0.3, -0.25) is 4.79 Å². The van der Waals surface area contributed by atoms with Crippen molar-refractivity contribution in [3.63, 3.8) is 0 Å². The number of carbonyl (C=O) groups excluding carboxylic acids is 1. The number of aryl methyl sites for hydroxylation is 1. The molecule has 0 saturated carbocycles. The maximum atomic E-state index is 13.9. The van der Waals surface area contributed by atoms with E-state index in [1.807, 2.05) is 29.1 Å². The largest absolute Gasteiger partial charge is 0.323 e. The highest BCUT2D eigenvalue weighted by Crippen LogP contribution is 2.19. The number of thiazole rings is 1. The molecule has 0 spiro atoms. The van der Waals surface area contributed by atoms with Crippen LogP contribution in [0.1, 0.15) is 36.6 Å². The number of amides is 1. The van der Waals surface area contributed by atoms with Crippen LogP contribution < -0.4 is 10.1 Å². The predicted octanol–water partition coefficient (Wildman–Crippen LogP) is 5.07. The van der Waals surface area contributed by atoms with Crippen LogP contribution in [-0.4, -0.2) is 10.5 Å². The maximum Gasteiger partial charge on any atom is 0.230 e. The summed E-state index contributed by atoms with van der Waals surface area (Å²) in [6.07, 6.45) is 0.155. The third-order valence-corrected chi connectivity index (χ3v) is 5.51. The molecule has 6 heteroatoms. The summed E-state index contributed by atoms with van der Waals surface area (Å²) in [4.78, 5) is 17.8. The van der Waals surface area contributed by atoms with Crippen LogP contribution >= 0.6 is 11.3 Å². The summed E-state index contributed by atoms with van der Waals surface area (Å²) >= 11 is 1.48. The molecule has 1 amide bonds. The minimum absolute atomic E-state index is 0.155. The molecule has 1 heterocycles. The molecular weight excluding hydrogens is 373 g/mol. The Labute approximate surface area is 168 Å². The van der Waals surface area contributed by atoms with E-state index in [0.29, 0.717) is 5.92 Å². The highest BCUT2D eigenvalue weighted by molar-refractivity contribution is 7.07. The Kier molecular flexibility index (Phi) is 6.09. The molecule has 0 saturated heterocycles. The van der Waals surface area contributed by atoms with Gasteiger partial charge in [0.25, 0.3) is 0 Å². The Hall–Kier alpha value is -2.73. The normalized spacial score (nSPS) is 11.9. The zero-order chi connectivity index (χ0) is 20.3. The standard InChI is InChI=1S/C22H24FN3OS/c1-14(2)16-6-8-17(9-7-16)24-22-26(4)18(13-28-22)12-21(27)25-20-10-5-15(3)11-19(20)23/h5-11,13-14H,12H2,1-4H3,(H,25,27). The molecule has 0 aliphatic rings. The molecule has 28 heavy (non-hydrogen) atoms. The van der Waals surface area contributed by atoms with Crippen molar-refractivity contribution in [2.75, 3.05) is 5.32 Å². The monoisotopic (exact) mass is 397 g/mol. The Balaban J connectivity index is 1.74. The van der Waals surface area contributed by atoms with E-state index in [-0.39, 0.29) is 18.0 Å². The highest BCUT2D eigenvalue weighted by atomic mass is 32.1. The number of aromatic nitrogens is 1. The summed E-state index contributed by atoms with van der Waals surface area (Å²) in [7, 11) is 1.88. The highest BCUT2D eigenvalue weighted by Gasteiger charge is 2.11. The van der Waals surface area contributed by atoms with Gasteiger partial charge in [-0.05, 0) is 48.2 Å². The smallest absolute Gasteiger partial charge is 0.230 e. The third kappa shape index (κ3) is 4.75. The van der Waals surface area contributed by atoms with Crippen molar-refractivity contribution in [1.82, 2.24) is 4.57 Å². The fourth-order valence-corrected chi connectivity index (χ4v) is 3.70. The fraction of sp³-hybridized carbons (Fsp3) is 0.273. The quantitative estimate of drug-likeness (QED) is 0.642. The number of halogens is 1. The summed E-state index contributed by atoms with van der Waals surface area (Å²) in [6.45, 7) is 6.12. The number of nitrogens with zero attached hydrogens (tertiary/aromatic N) is 2. The van der Waals surface area contributed by atoms with Crippen molar-refractivity contribution in [1.29, 1.82) is 0 Å². The van der Waals surface area contributed by atoms with Crippen LogP contribution in [0.3, 0.4) is 0 Å². The molecule has 0 fully saturated rings. The van der Waals surface area contributed by atoms with Crippen molar-refractivity contribution in [2.24, 2.45) is 12.0 Å². The first-order valence-corrected chi connectivity index (χ1v) is 10.1. The van der Waals surface area contributed by atoms with Gasteiger partial charge >= 0.3 is 0 Å². The van der Waals surface area contributed by atoms with Gasteiger partial charge in [0.15, 0.2) is 4.80 Å². The molecule has 2 aromatic carbocycles. The Morgan fingerprint density at radius 1 is 1.21 bits per heavy atom. The van der Waals surface area contributed by atoms with Gasteiger partial charge in [0.05, 0.1) is 17.8 Å². The molecule has 0 aliphatic carbocycles. The molecule has 0 aliphatic heterocycles. The van der Waals surface area contributed by atoms with E-state index < -0.39 is 5.82 Å². The summed E-state index contributed by atoms with van der Waals surface area (Å²) in [5.74, 6) is -0.206. The molecule has 0 bridgehead atoms. The van der Waals surface area contributed by atoms with E-state index in [0.717, 1.165) is 21.7 Å². The van der Waals surface area contributed by atoms with Crippen molar-refractivity contribution >= 4 is 28.6 Å². The minimum atomic E-state index is -0.427. The lowest BCUT2D eigenvalue weighted by molar-refractivity contribution is -0.115. The van der Waals surface area contributed by atoms with Gasteiger partial charge in [-0.2, -0.15) is 0 Å². The van der Waals surface area contributed by atoms with E-state index >= 15 is 0 Å². The summed E-state index contributed by atoms with van der Waals surface area (Å²) in [6, 6.07) is 12.9. The predicted molar refractivity (Wildman–Crippen MR) is 113 cm³/mol. The lowest BCUT2D eigenvalue weighted by Crippen LogP contribution is -2.20. The Morgan fingerprint density at radius 2 is 1.93 bits per heavy atom. The summed E-state index contributed by atoms with van der Waals surface area (Å²) in [5.41, 5.74) is 3.98. The second kappa shape index (κ2) is 8.52. The van der Waals surface area contributed by atoms with Crippen LogP contribution in [0.4, 0.5) is 15.8 Å². The van der Waals surface area contributed by atoms with Gasteiger partial charge in [0, 0.05) is 18.1 Å². The first-order valence-electron chi connectivity index (χ1n) is 9.17. The number of carbonyl (C=O) groups is 1. The second-order valence-electron chi connectivity index (χ2n) is 7.13. The van der Waals surface area contributed by atoms with E-state index in [1.54, 1.807) is 19.1 Å². The summed E-state index contributed by atoms with van der Waals surface area (Å²) < 4.78 is 15.8. The van der Waals surface area contributed by atoms with Crippen LogP contribution in [0.25, 0.3) is 0 Å². The van der Waals surface area contributed by atoms with Gasteiger partial charge in [0.1, 0.15) is 5.82 Å². The molecule has 146 valence electrons. The van der Waals surface area contributed by atoms with E-state index in [2.05, 4.69) is 36.3 Å². The maximum absolute atomic E-state index is 13.9. The van der Waals surface area contributed by atoms with E-state index in [1.165, 1.54) is 23.0 Å². The number of rotatable bonds is 5. The molecule has 3 rings (SSSR count). The number of hydrogen-bond acceptors (Lipinski definition) is 3. The van der Waals surface area contributed by atoms with Crippen LogP contribution in [0.2, 0.25) is 0 Å². The number of anilines is 1. The molecule has 4 nitrogen and oxygen atoms in total. The lowest BCUT2D eigenvalue weighted by atomic mass is 10.0. The van der Waals surface area contributed by atoms with Crippen LogP contribution in [0, 0.1) is 12.7 Å². The van der Waals surface area contributed by atoms with Gasteiger partial charge in [-0.15, -0.1) is 11.3 Å². The second-order valence-corrected chi connectivity index (χ2v) is 7.97. The van der Waals surface area contributed by atoms with Gasteiger partial charge in [-0.25, -0.2) is 9.38 Å². The first-order chi connectivity index (χ1) is 13.3. The number of benzene rings is 2. The van der Waals surface area contributed by atoms with Crippen molar-refractivity contribution in [3.05, 3.63) is 75.3 Å². The number of nitrogens with one attached hydrogen (secondary N) is 1. The average Bonchev–Trinajstić information content (AvgIpc) is 2.98. The zero-order valence-electron chi connectivity index (χ0n) is 16.5. The molecule has 0 radical (unpaired) electrons. The van der Waals surface area contributed by atoms with Gasteiger partial charge in [-0.1, -0.05) is 32.0 Å². The van der Waals surface area contributed by atoms with Crippen LogP contribution in [0.15, 0.2) is 52.8 Å². The van der Waals surface area contributed by atoms with E-state index in [9.17, 15) is 9.18 Å². The van der Waals surface area contributed by atoms with Gasteiger partial charge < -0.3 is 9.88 Å². The molecule has 1 N–H and O–H groups in total. The van der Waals surface area contributed by atoms with Crippen LogP contribution in [0.5, 0.6) is 0 Å². The third-order valence-electron chi connectivity index (χ3n) is 4.54. The molecular formula is C22H24FN3OS. The Bertz CT molecular complexity index is 1050. The molecule has 3 aromatic rings. The minimum Gasteiger partial charge on any atom is -0.323 e. The Morgan fingerprint density at radius 3 is 2.57 bits per heavy atom. The van der Waals surface area contributed by atoms with Crippen LogP contribution in [-0.2, 0) is 18.3 Å². The lowest BCUT2D eigenvalue weighted by Gasteiger charge is -2.07. The molecule has 1 aromatic heterocycles. The number of hydrogen-bond donors (Lipinski definition) is 1. The average molecular weight is 398 g/mol. The first kappa shape index (κ1) is 20.0. The summed E-state index contributed by atoms with van der Waals surface area (Å²) in [5, 5.41) is 4.54. The fourth-order valence-electron chi connectivity index (χ4n) is 2.79. The molecule has 0 unspecified atom stereocenters. The molecule has 0 atom stereocenters. The van der Waals surface area contributed by atoms with Crippen molar-refractivity contribution in [2.45, 2.75) is 33.1 Å². The van der Waals surface area contributed by atoms with Crippen molar-refractivity contribution < 1.29 is 9.18 Å². The van der Waals surface area contributed by atoms with Crippen molar-refractivity contribution in [3.8, 4) is 0 Å². The zero-order valence-corrected chi connectivity index (χ0v) is 17.3.